The van der Waals surface area contributed by atoms with Crippen molar-refractivity contribution in [3.05, 3.63) is 28.7 Å². The first-order chi connectivity index (χ1) is 13.7. The van der Waals surface area contributed by atoms with Gasteiger partial charge in [-0.3, -0.25) is 9.10 Å². The number of amides is 1. The van der Waals surface area contributed by atoms with Crippen molar-refractivity contribution in [1.29, 1.82) is 0 Å². The zero-order valence-electron chi connectivity index (χ0n) is 16.4. The number of halogens is 4. The molecule has 0 aliphatic heterocycles. The molecule has 1 aromatic rings. The Balaban J connectivity index is 3.25. The number of carbonyl (C=O) groups is 1. The third-order valence-corrected chi connectivity index (χ3v) is 6.76. The van der Waals surface area contributed by atoms with Crippen molar-refractivity contribution in [2.75, 3.05) is 23.7 Å². The van der Waals surface area contributed by atoms with E-state index < -0.39 is 39.8 Å². The van der Waals surface area contributed by atoms with Crippen molar-refractivity contribution in [2.45, 2.75) is 37.7 Å². The number of hydrogen-bond donors (Lipinski definition) is 1. The van der Waals surface area contributed by atoms with Gasteiger partial charge in [-0.1, -0.05) is 27.7 Å². The molecule has 1 aromatic carbocycles. The summed E-state index contributed by atoms with van der Waals surface area (Å²) in [5, 5.41) is 0.936. The molecule has 0 bridgehead atoms. The maximum absolute atomic E-state index is 13.4. The first kappa shape index (κ1) is 27.0. The fourth-order valence-corrected chi connectivity index (χ4v) is 5.27. The van der Waals surface area contributed by atoms with Gasteiger partial charge < -0.3 is 10.1 Å². The van der Waals surface area contributed by atoms with Crippen molar-refractivity contribution in [3.63, 3.8) is 0 Å². The Labute approximate surface area is 192 Å². The summed E-state index contributed by atoms with van der Waals surface area (Å²) < 4.78 is 71.9. The molecule has 0 heterocycles. The number of nitrogens with one attached hydrogen (secondary N) is 1. The van der Waals surface area contributed by atoms with Gasteiger partial charge in [0.25, 0.3) is 0 Å². The number of alkyl halides is 3. The summed E-state index contributed by atoms with van der Waals surface area (Å²) in [6.45, 7) is 2.57. The summed E-state index contributed by atoms with van der Waals surface area (Å²) in [6.07, 6.45) is -4.35. The fourth-order valence-electron chi connectivity index (χ4n) is 2.46. The van der Waals surface area contributed by atoms with E-state index in [-0.39, 0.29) is 23.2 Å². The van der Waals surface area contributed by atoms with Gasteiger partial charge in [-0.25, -0.2) is 8.42 Å². The van der Waals surface area contributed by atoms with Crippen LogP contribution in [0.25, 0.3) is 0 Å². The molecule has 0 fully saturated rings. The molecule has 1 N–H and O–H groups in total. The number of rotatable bonds is 9. The highest BCUT2D eigenvalue weighted by atomic mass is 79.9. The number of anilines is 1. The van der Waals surface area contributed by atoms with Crippen LogP contribution in [0.2, 0.25) is 0 Å². The van der Waals surface area contributed by atoms with E-state index in [1.54, 1.807) is 19.1 Å². The van der Waals surface area contributed by atoms with E-state index in [0.29, 0.717) is 4.47 Å². The van der Waals surface area contributed by atoms with E-state index in [9.17, 15) is 26.4 Å². The highest BCUT2D eigenvalue weighted by Crippen LogP contribution is 2.31. The number of hydrogen-bond acceptors (Lipinski definition) is 6. The van der Waals surface area contributed by atoms with Gasteiger partial charge in [0.2, 0.25) is 20.3 Å². The summed E-state index contributed by atoms with van der Waals surface area (Å²) in [6, 6.07) is 4.14. The van der Waals surface area contributed by atoms with E-state index in [1.807, 2.05) is 5.32 Å². The van der Waals surface area contributed by atoms with Crippen molar-refractivity contribution in [1.82, 2.24) is 5.32 Å². The van der Waals surface area contributed by atoms with Crippen LogP contribution in [0.4, 0.5) is 18.9 Å². The Hall–Kier alpha value is -1.05. The molecular formula is C17H22BrF3N2O4S3. The molecule has 0 saturated heterocycles. The van der Waals surface area contributed by atoms with Crippen molar-refractivity contribution >= 4 is 65.9 Å². The van der Waals surface area contributed by atoms with Gasteiger partial charge in [0.1, 0.15) is 6.04 Å². The SMILES string of the molecule is CCOC(=S)SC(CC(NC(C)=O)C(F)(F)F)CN(c1ccc(Br)cc1)S(C)(=O)=O. The molecule has 13 heteroatoms. The monoisotopic (exact) mass is 550 g/mol. The zero-order chi connectivity index (χ0) is 23.1. The van der Waals surface area contributed by atoms with E-state index >= 15 is 0 Å². The Morgan fingerprint density at radius 3 is 2.33 bits per heavy atom. The number of benzene rings is 1. The summed E-state index contributed by atoms with van der Waals surface area (Å²) >= 11 is 9.12. The standard InChI is InChI=1S/C17H22BrF3N2O4S3/c1-4-27-16(28)29-14(9-15(17(19,20)21)22-11(2)24)10-23(30(3,25)26)13-7-5-12(18)6-8-13/h5-8,14-15H,4,9-10H2,1-3H3,(H,22,24). The predicted molar refractivity (Wildman–Crippen MR) is 120 cm³/mol. The summed E-state index contributed by atoms with van der Waals surface area (Å²) in [4.78, 5) is 11.3. The molecule has 0 radical (unpaired) electrons. The summed E-state index contributed by atoms with van der Waals surface area (Å²) in [5.74, 6) is -0.846. The van der Waals surface area contributed by atoms with Crippen LogP contribution in [0.3, 0.4) is 0 Å². The summed E-state index contributed by atoms with van der Waals surface area (Å²) in [5.41, 5.74) is 0.289. The van der Waals surface area contributed by atoms with Crippen LogP contribution in [0.5, 0.6) is 0 Å². The van der Waals surface area contributed by atoms with Gasteiger partial charge in [0, 0.05) is 23.2 Å². The van der Waals surface area contributed by atoms with Gasteiger partial charge in [-0.15, -0.1) is 0 Å². The van der Waals surface area contributed by atoms with Crippen LogP contribution in [0, 0.1) is 0 Å². The van der Waals surface area contributed by atoms with Gasteiger partial charge >= 0.3 is 6.18 Å². The second-order valence-electron chi connectivity index (χ2n) is 6.22. The van der Waals surface area contributed by atoms with E-state index in [1.165, 1.54) is 12.1 Å². The largest absolute Gasteiger partial charge is 0.479 e. The number of ether oxygens (including phenoxy) is 1. The first-order valence-electron chi connectivity index (χ1n) is 8.64. The molecule has 30 heavy (non-hydrogen) atoms. The van der Waals surface area contributed by atoms with Gasteiger partial charge in [-0.05, 0) is 49.8 Å². The number of carbonyl (C=O) groups excluding carboxylic acids is 1. The van der Waals surface area contributed by atoms with Crippen LogP contribution in [0.1, 0.15) is 20.3 Å². The first-order valence-corrected chi connectivity index (χ1v) is 12.6. The van der Waals surface area contributed by atoms with Crippen molar-refractivity contribution in [3.8, 4) is 0 Å². The average Bonchev–Trinajstić information content (AvgIpc) is 2.58. The zero-order valence-corrected chi connectivity index (χ0v) is 20.4. The van der Waals surface area contributed by atoms with Crippen LogP contribution in [-0.2, 0) is 19.6 Å². The Morgan fingerprint density at radius 1 is 1.33 bits per heavy atom. The third-order valence-electron chi connectivity index (χ3n) is 3.68. The predicted octanol–water partition coefficient (Wildman–Crippen LogP) is 4.10. The lowest BCUT2D eigenvalue weighted by atomic mass is 10.1. The molecule has 0 aliphatic rings. The molecule has 0 aromatic heterocycles. The smallest absolute Gasteiger partial charge is 0.408 e. The molecule has 170 valence electrons. The molecule has 0 saturated carbocycles. The lowest BCUT2D eigenvalue weighted by Gasteiger charge is -2.30. The quantitative estimate of drug-likeness (QED) is 0.466. The number of nitrogens with zero attached hydrogens (tertiary/aromatic N) is 1. The highest BCUT2D eigenvalue weighted by Gasteiger charge is 2.42. The Bertz CT molecular complexity index is 836. The maximum Gasteiger partial charge on any atom is 0.408 e. The summed E-state index contributed by atoms with van der Waals surface area (Å²) in [7, 11) is -3.82. The molecular weight excluding hydrogens is 529 g/mol. The molecule has 2 unspecified atom stereocenters. The number of thiocarbonyl (C=S) groups is 1. The Morgan fingerprint density at radius 2 is 1.90 bits per heavy atom. The van der Waals surface area contributed by atoms with E-state index in [0.717, 1.165) is 29.2 Å². The minimum atomic E-state index is -4.72. The van der Waals surface area contributed by atoms with Gasteiger partial charge in [0.15, 0.2) is 0 Å². The molecule has 1 amide bonds. The van der Waals surface area contributed by atoms with Crippen LogP contribution >= 0.6 is 39.9 Å². The molecule has 0 aliphatic carbocycles. The number of thioether (sulfide) groups is 1. The lowest BCUT2D eigenvalue weighted by Crippen LogP contribution is -2.48. The van der Waals surface area contributed by atoms with Crippen LogP contribution < -0.4 is 9.62 Å². The topological polar surface area (TPSA) is 75.7 Å². The number of sulfonamides is 1. The minimum absolute atomic E-state index is 0.00416. The second kappa shape index (κ2) is 11.5. The second-order valence-corrected chi connectivity index (χ2v) is 10.9. The molecule has 0 spiro atoms. The molecule has 6 nitrogen and oxygen atoms in total. The van der Waals surface area contributed by atoms with E-state index in [2.05, 4.69) is 15.9 Å². The fraction of sp³-hybridized carbons (Fsp3) is 0.529. The Kier molecular flexibility index (Phi) is 10.4. The van der Waals surface area contributed by atoms with Crippen LogP contribution in [-0.4, -0.2) is 55.6 Å². The minimum Gasteiger partial charge on any atom is -0.479 e. The highest BCUT2D eigenvalue weighted by molar-refractivity contribution is 9.10. The van der Waals surface area contributed by atoms with Crippen molar-refractivity contribution < 1.29 is 31.1 Å². The average molecular weight is 551 g/mol. The van der Waals surface area contributed by atoms with E-state index in [4.69, 9.17) is 17.0 Å². The van der Waals surface area contributed by atoms with Crippen LogP contribution in [0.15, 0.2) is 28.7 Å². The van der Waals surface area contributed by atoms with Gasteiger partial charge in [-0.2, -0.15) is 13.2 Å². The normalized spacial score (nSPS) is 14.0. The molecule has 2 atom stereocenters. The third kappa shape index (κ3) is 9.40. The van der Waals surface area contributed by atoms with Gasteiger partial charge in [0.05, 0.1) is 18.6 Å². The maximum atomic E-state index is 13.4. The lowest BCUT2D eigenvalue weighted by molar-refractivity contribution is -0.162. The molecule has 1 rings (SSSR count). The van der Waals surface area contributed by atoms with Crippen molar-refractivity contribution in [2.24, 2.45) is 0 Å².